The lowest BCUT2D eigenvalue weighted by Crippen LogP contribution is -2.53. The SMILES string of the molecule is O=C(O)CC1(NC(=O)CC(c2ccccc2)C(F)(F)F)CCOCC1. The molecule has 1 amide bonds. The van der Waals surface area contributed by atoms with Crippen LogP contribution in [0, 0.1) is 0 Å². The molecule has 138 valence electrons. The molecule has 0 bridgehead atoms. The van der Waals surface area contributed by atoms with Gasteiger partial charge in [-0.05, 0) is 18.4 Å². The number of hydrogen-bond donors (Lipinski definition) is 2. The fourth-order valence-electron chi connectivity index (χ4n) is 3.04. The lowest BCUT2D eigenvalue weighted by Gasteiger charge is -2.37. The van der Waals surface area contributed by atoms with Gasteiger partial charge in [0.2, 0.25) is 5.91 Å². The van der Waals surface area contributed by atoms with Crippen LogP contribution in [0.4, 0.5) is 13.2 Å². The van der Waals surface area contributed by atoms with Crippen LogP contribution in [0.1, 0.15) is 37.2 Å². The summed E-state index contributed by atoms with van der Waals surface area (Å²) in [7, 11) is 0. The van der Waals surface area contributed by atoms with Crippen LogP contribution in [-0.4, -0.2) is 41.9 Å². The third-order valence-electron chi connectivity index (χ3n) is 4.33. The van der Waals surface area contributed by atoms with Gasteiger partial charge >= 0.3 is 12.1 Å². The van der Waals surface area contributed by atoms with E-state index in [1.807, 2.05) is 0 Å². The Balaban J connectivity index is 2.13. The molecule has 1 aliphatic rings. The molecule has 0 aromatic heterocycles. The van der Waals surface area contributed by atoms with Crippen LogP contribution in [0.25, 0.3) is 0 Å². The number of carbonyl (C=O) groups excluding carboxylic acids is 1. The van der Waals surface area contributed by atoms with Crippen molar-refractivity contribution in [2.45, 2.75) is 43.3 Å². The monoisotopic (exact) mass is 359 g/mol. The summed E-state index contributed by atoms with van der Waals surface area (Å²) in [5.41, 5.74) is -1.06. The number of hydrogen-bond acceptors (Lipinski definition) is 3. The maximum atomic E-state index is 13.4. The molecular formula is C17H20F3NO4. The molecular weight excluding hydrogens is 339 g/mol. The van der Waals surface area contributed by atoms with Crippen molar-refractivity contribution in [1.29, 1.82) is 0 Å². The minimum atomic E-state index is -4.58. The Morgan fingerprint density at radius 1 is 1.20 bits per heavy atom. The van der Waals surface area contributed by atoms with Gasteiger partial charge in [0, 0.05) is 19.6 Å². The molecule has 0 aliphatic carbocycles. The molecule has 8 heteroatoms. The number of carbonyl (C=O) groups is 2. The number of halogens is 3. The van der Waals surface area contributed by atoms with Crippen LogP contribution < -0.4 is 5.32 Å². The van der Waals surface area contributed by atoms with Gasteiger partial charge in [-0.2, -0.15) is 13.2 Å². The Morgan fingerprint density at radius 3 is 2.32 bits per heavy atom. The fourth-order valence-corrected chi connectivity index (χ4v) is 3.04. The van der Waals surface area contributed by atoms with Gasteiger partial charge in [0.05, 0.1) is 17.9 Å². The lowest BCUT2D eigenvalue weighted by molar-refractivity contribution is -0.158. The van der Waals surface area contributed by atoms with Gasteiger partial charge in [-0.1, -0.05) is 30.3 Å². The predicted octanol–water partition coefficient (Wildman–Crippen LogP) is 2.86. The third kappa shape index (κ3) is 5.45. The molecule has 1 fully saturated rings. The van der Waals surface area contributed by atoms with E-state index in [-0.39, 0.29) is 38.0 Å². The number of benzene rings is 1. The Labute approximate surface area is 143 Å². The van der Waals surface area contributed by atoms with E-state index in [2.05, 4.69) is 5.32 Å². The first kappa shape index (κ1) is 19.2. The zero-order valence-electron chi connectivity index (χ0n) is 13.5. The van der Waals surface area contributed by atoms with Gasteiger partial charge in [-0.15, -0.1) is 0 Å². The van der Waals surface area contributed by atoms with Gasteiger partial charge in [0.25, 0.3) is 0 Å². The molecule has 1 heterocycles. The molecule has 1 unspecified atom stereocenters. The molecule has 1 aromatic rings. The highest BCUT2D eigenvalue weighted by Gasteiger charge is 2.43. The van der Waals surface area contributed by atoms with Crippen molar-refractivity contribution in [3.05, 3.63) is 35.9 Å². The normalized spacial score (nSPS) is 18.4. The summed E-state index contributed by atoms with van der Waals surface area (Å²) in [4.78, 5) is 23.4. The van der Waals surface area contributed by atoms with E-state index in [0.717, 1.165) is 0 Å². The standard InChI is InChI=1S/C17H20F3NO4/c18-17(19,20)13(12-4-2-1-3-5-12)10-14(22)21-16(11-15(23)24)6-8-25-9-7-16/h1-5,13H,6-11H2,(H,21,22)(H,23,24). The van der Waals surface area contributed by atoms with Gasteiger partial charge in [-0.25, -0.2) is 0 Å². The highest BCUT2D eigenvalue weighted by molar-refractivity contribution is 5.79. The van der Waals surface area contributed by atoms with Gasteiger partial charge in [0.15, 0.2) is 0 Å². The van der Waals surface area contributed by atoms with E-state index in [1.165, 1.54) is 24.3 Å². The van der Waals surface area contributed by atoms with E-state index in [0.29, 0.717) is 0 Å². The fraction of sp³-hybridized carbons (Fsp3) is 0.529. The highest BCUT2D eigenvalue weighted by Crippen LogP contribution is 2.37. The van der Waals surface area contributed by atoms with Crippen LogP contribution >= 0.6 is 0 Å². The second-order valence-corrected chi connectivity index (χ2v) is 6.22. The number of alkyl halides is 3. The maximum absolute atomic E-state index is 13.4. The zero-order valence-corrected chi connectivity index (χ0v) is 13.5. The summed E-state index contributed by atoms with van der Waals surface area (Å²) in [5, 5.41) is 11.6. The number of rotatable bonds is 6. The van der Waals surface area contributed by atoms with Crippen molar-refractivity contribution < 1.29 is 32.6 Å². The number of carboxylic acids is 1. The molecule has 1 aromatic carbocycles. The van der Waals surface area contributed by atoms with Crippen molar-refractivity contribution >= 4 is 11.9 Å². The first-order chi connectivity index (χ1) is 11.7. The minimum absolute atomic E-state index is 0.00409. The van der Waals surface area contributed by atoms with Crippen LogP contribution in [0.15, 0.2) is 30.3 Å². The molecule has 0 saturated carbocycles. The topological polar surface area (TPSA) is 75.6 Å². The summed E-state index contributed by atoms with van der Waals surface area (Å²) >= 11 is 0. The number of amides is 1. The first-order valence-electron chi connectivity index (χ1n) is 7.94. The Morgan fingerprint density at radius 2 is 1.80 bits per heavy atom. The quantitative estimate of drug-likeness (QED) is 0.819. The Kier molecular flexibility index (Phi) is 6.05. The minimum Gasteiger partial charge on any atom is -0.481 e. The number of carboxylic acid groups (broad SMARTS) is 1. The summed E-state index contributed by atoms with van der Waals surface area (Å²) in [6.45, 7) is 0.518. The van der Waals surface area contributed by atoms with Gasteiger partial charge in [-0.3, -0.25) is 9.59 Å². The number of nitrogens with one attached hydrogen (secondary N) is 1. The van der Waals surface area contributed by atoms with Crippen LogP contribution in [0.5, 0.6) is 0 Å². The second kappa shape index (κ2) is 7.86. The smallest absolute Gasteiger partial charge is 0.396 e. The average Bonchev–Trinajstić information content (AvgIpc) is 2.52. The first-order valence-corrected chi connectivity index (χ1v) is 7.94. The molecule has 1 aliphatic heterocycles. The zero-order chi connectivity index (χ0) is 18.5. The van der Waals surface area contributed by atoms with Gasteiger partial charge in [0.1, 0.15) is 0 Å². The maximum Gasteiger partial charge on any atom is 0.396 e. The van der Waals surface area contributed by atoms with Crippen LogP contribution in [-0.2, 0) is 14.3 Å². The molecule has 5 nitrogen and oxygen atoms in total. The molecule has 0 radical (unpaired) electrons. The van der Waals surface area contributed by atoms with E-state index in [1.54, 1.807) is 6.07 Å². The van der Waals surface area contributed by atoms with E-state index in [9.17, 15) is 22.8 Å². The lowest BCUT2D eigenvalue weighted by atomic mass is 9.85. The van der Waals surface area contributed by atoms with Crippen LogP contribution in [0.2, 0.25) is 0 Å². The molecule has 0 spiro atoms. The second-order valence-electron chi connectivity index (χ2n) is 6.22. The summed E-state index contributed by atoms with van der Waals surface area (Å²) in [5.74, 6) is -3.86. The van der Waals surface area contributed by atoms with Crippen LogP contribution in [0.3, 0.4) is 0 Å². The molecule has 25 heavy (non-hydrogen) atoms. The van der Waals surface area contributed by atoms with E-state index >= 15 is 0 Å². The highest BCUT2D eigenvalue weighted by atomic mass is 19.4. The van der Waals surface area contributed by atoms with Crippen molar-refractivity contribution in [2.75, 3.05) is 13.2 Å². The summed E-state index contributed by atoms with van der Waals surface area (Å²) in [6, 6.07) is 7.22. The van der Waals surface area contributed by atoms with Crippen molar-refractivity contribution in [2.24, 2.45) is 0 Å². The van der Waals surface area contributed by atoms with Crippen molar-refractivity contribution in [3.8, 4) is 0 Å². The third-order valence-corrected chi connectivity index (χ3v) is 4.33. The predicted molar refractivity (Wildman–Crippen MR) is 83.0 cm³/mol. The number of ether oxygens (including phenoxy) is 1. The van der Waals surface area contributed by atoms with Gasteiger partial charge < -0.3 is 15.2 Å². The van der Waals surface area contributed by atoms with Crippen molar-refractivity contribution in [3.63, 3.8) is 0 Å². The number of aliphatic carboxylic acids is 1. The van der Waals surface area contributed by atoms with Crippen molar-refractivity contribution in [1.82, 2.24) is 5.32 Å². The Bertz CT molecular complexity index is 598. The molecule has 1 saturated heterocycles. The molecule has 2 N–H and O–H groups in total. The Hall–Kier alpha value is -2.09. The summed E-state index contributed by atoms with van der Waals surface area (Å²) < 4.78 is 45.2. The molecule has 2 rings (SSSR count). The van der Waals surface area contributed by atoms with E-state index in [4.69, 9.17) is 9.84 Å². The largest absolute Gasteiger partial charge is 0.481 e. The summed E-state index contributed by atoms with van der Waals surface area (Å²) in [6.07, 6.45) is -5.19. The molecule has 1 atom stereocenters. The van der Waals surface area contributed by atoms with E-state index < -0.39 is 35.9 Å². The average molecular weight is 359 g/mol.